The minimum Gasteiger partial charge on any atom is -0.261 e. The SMILES string of the molecule is CF.CF.CF.CF.CS(=O)(=O)c1ccc(-c2cccnc2-c2ccccc2)cc1.Cc1ccc(-c2ncc(Cl)cc2-c2ccc(S(C)(=O)=O)cc2)cn1. The average molecular weight is 804 g/mol. The summed E-state index contributed by atoms with van der Waals surface area (Å²) in [4.78, 5) is 13.8. The zero-order valence-corrected chi connectivity index (χ0v) is 33.2. The van der Waals surface area contributed by atoms with E-state index < -0.39 is 19.7 Å². The van der Waals surface area contributed by atoms with E-state index in [4.69, 9.17) is 11.6 Å². The molecule has 0 atom stereocenters. The van der Waals surface area contributed by atoms with Crippen molar-refractivity contribution >= 4 is 31.3 Å². The standard InChI is InChI=1S/C18H15ClN2O2S.C18H15NO2S.4CH3F/c1-12-3-4-14(10-20-12)18-17(9-15(19)11-21-18)13-5-7-16(8-6-13)24(2,22)23;1-22(20,21)16-11-9-14(10-12-16)17-8-5-13-19-18(17)15-6-3-2-4-7-15;4*1-2/h3-11H,1-2H3;2-13H,1H3;4*1H3. The maximum absolute atomic E-state index is 11.6. The first-order chi connectivity index (χ1) is 25.9. The molecule has 288 valence electrons. The number of sulfone groups is 2. The molecule has 3 aromatic heterocycles. The number of rotatable bonds is 6. The minimum absolute atomic E-state index is 0.278. The molecule has 0 N–H and O–H groups in total. The van der Waals surface area contributed by atoms with E-state index >= 15 is 0 Å². The van der Waals surface area contributed by atoms with Crippen molar-refractivity contribution in [3.05, 3.63) is 139 Å². The van der Waals surface area contributed by atoms with Crippen LogP contribution in [0.5, 0.6) is 0 Å². The summed E-state index contributed by atoms with van der Waals surface area (Å²) in [6.45, 7) is 1.92. The Morgan fingerprint density at radius 3 is 1.41 bits per heavy atom. The number of halogens is 5. The maximum atomic E-state index is 11.6. The van der Waals surface area contributed by atoms with Gasteiger partial charge in [-0.25, -0.2) is 16.8 Å². The second-order valence-corrected chi connectivity index (χ2v) is 15.1. The predicted octanol–water partition coefficient (Wildman–Crippen LogP) is 10.3. The molecule has 54 heavy (non-hydrogen) atoms. The summed E-state index contributed by atoms with van der Waals surface area (Å²) in [7, 11) is -4.41. The molecule has 3 aromatic carbocycles. The molecule has 0 aliphatic rings. The van der Waals surface area contributed by atoms with E-state index in [2.05, 4.69) is 15.0 Å². The van der Waals surface area contributed by atoms with Crippen molar-refractivity contribution in [2.75, 3.05) is 41.2 Å². The van der Waals surface area contributed by atoms with E-state index in [9.17, 15) is 34.4 Å². The fraction of sp³-hybridized carbons (Fsp3) is 0.175. The molecule has 6 aromatic rings. The van der Waals surface area contributed by atoms with Crippen LogP contribution in [-0.4, -0.2) is 73.0 Å². The second-order valence-electron chi connectivity index (χ2n) is 10.6. The molecule has 0 fully saturated rings. The van der Waals surface area contributed by atoms with Gasteiger partial charge in [0.05, 0.1) is 54.9 Å². The first-order valence-electron chi connectivity index (χ1n) is 15.6. The van der Waals surface area contributed by atoms with Gasteiger partial charge in [-0.05, 0) is 66.6 Å². The van der Waals surface area contributed by atoms with Gasteiger partial charge in [-0.15, -0.1) is 0 Å². The largest absolute Gasteiger partial charge is 0.261 e. The molecular formula is C40H42ClF4N3O4S2. The van der Waals surface area contributed by atoms with Gasteiger partial charge < -0.3 is 0 Å². The number of benzene rings is 3. The van der Waals surface area contributed by atoms with Gasteiger partial charge in [0, 0.05) is 59.0 Å². The van der Waals surface area contributed by atoms with Crippen molar-refractivity contribution < 1.29 is 34.4 Å². The number of pyridine rings is 3. The topological polar surface area (TPSA) is 107 Å². The quantitative estimate of drug-likeness (QED) is 0.154. The van der Waals surface area contributed by atoms with Crippen LogP contribution in [0.4, 0.5) is 17.6 Å². The molecule has 0 unspecified atom stereocenters. The van der Waals surface area contributed by atoms with Gasteiger partial charge in [0.25, 0.3) is 0 Å². The van der Waals surface area contributed by atoms with Crippen molar-refractivity contribution in [3.8, 4) is 44.8 Å². The lowest BCUT2D eigenvalue weighted by Crippen LogP contribution is -1.97. The molecule has 0 radical (unpaired) electrons. The third kappa shape index (κ3) is 13.8. The minimum atomic E-state index is -3.23. The molecule has 0 bridgehead atoms. The Kier molecular flexibility index (Phi) is 20.6. The fourth-order valence-electron chi connectivity index (χ4n) is 4.72. The molecular weight excluding hydrogens is 762 g/mol. The van der Waals surface area contributed by atoms with E-state index in [1.54, 1.807) is 55.0 Å². The van der Waals surface area contributed by atoms with Crippen LogP contribution in [0, 0.1) is 6.92 Å². The highest BCUT2D eigenvalue weighted by Crippen LogP contribution is 2.33. The van der Waals surface area contributed by atoms with Crippen LogP contribution in [0.2, 0.25) is 5.02 Å². The lowest BCUT2D eigenvalue weighted by atomic mass is 10.00. The summed E-state index contributed by atoms with van der Waals surface area (Å²) < 4.78 is 84.3. The molecule has 3 heterocycles. The molecule has 0 amide bonds. The molecule has 0 spiro atoms. The Bertz CT molecular complexity index is 2210. The second kappa shape index (κ2) is 23.6. The number of nitrogens with zero attached hydrogens (tertiary/aromatic N) is 3. The average Bonchev–Trinajstić information content (AvgIpc) is 3.21. The van der Waals surface area contributed by atoms with Crippen LogP contribution in [0.15, 0.2) is 138 Å². The Morgan fingerprint density at radius 1 is 0.481 bits per heavy atom. The highest BCUT2D eigenvalue weighted by molar-refractivity contribution is 7.91. The van der Waals surface area contributed by atoms with Gasteiger partial charge in [-0.3, -0.25) is 32.5 Å². The van der Waals surface area contributed by atoms with Crippen LogP contribution >= 0.6 is 11.6 Å². The van der Waals surface area contributed by atoms with Crippen molar-refractivity contribution in [3.63, 3.8) is 0 Å². The summed E-state index contributed by atoms with van der Waals surface area (Å²) >= 11 is 6.11. The van der Waals surface area contributed by atoms with Crippen LogP contribution in [0.25, 0.3) is 44.8 Å². The number of aromatic nitrogens is 3. The Labute approximate surface area is 320 Å². The van der Waals surface area contributed by atoms with Gasteiger partial charge in [0.15, 0.2) is 19.7 Å². The monoisotopic (exact) mass is 803 g/mol. The summed E-state index contributed by atoms with van der Waals surface area (Å²) in [5.41, 5.74) is 8.06. The normalized spacial score (nSPS) is 10.1. The van der Waals surface area contributed by atoms with E-state index in [1.165, 1.54) is 12.5 Å². The lowest BCUT2D eigenvalue weighted by Gasteiger charge is -2.10. The molecule has 0 aliphatic heterocycles. The lowest BCUT2D eigenvalue weighted by molar-refractivity contribution is 0.600. The summed E-state index contributed by atoms with van der Waals surface area (Å²) in [6.07, 6.45) is 7.51. The number of aryl methyl sites for hydroxylation is 1. The maximum Gasteiger partial charge on any atom is 0.175 e. The van der Waals surface area contributed by atoms with Crippen molar-refractivity contribution in [1.82, 2.24) is 15.0 Å². The van der Waals surface area contributed by atoms with E-state index in [0.717, 1.165) is 50.5 Å². The van der Waals surface area contributed by atoms with Crippen molar-refractivity contribution in [2.24, 2.45) is 0 Å². The molecule has 0 aliphatic carbocycles. The van der Waals surface area contributed by atoms with E-state index in [0.29, 0.717) is 38.6 Å². The Balaban J connectivity index is 0.000000457. The van der Waals surface area contributed by atoms with Crippen LogP contribution in [-0.2, 0) is 19.7 Å². The van der Waals surface area contributed by atoms with Crippen molar-refractivity contribution in [2.45, 2.75) is 16.7 Å². The summed E-state index contributed by atoms with van der Waals surface area (Å²) in [5.74, 6) is 0. The number of hydrogen-bond acceptors (Lipinski definition) is 7. The van der Waals surface area contributed by atoms with Gasteiger partial charge in [0.1, 0.15) is 0 Å². The highest BCUT2D eigenvalue weighted by Gasteiger charge is 2.13. The van der Waals surface area contributed by atoms with E-state index in [1.807, 2.05) is 79.7 Å². The Hall–Kier alpha value is -4.98. The molecule has 0 saturated carbocycles. The number of hydrogen-bond donors (Lipinski definition) is 0. The predicted molar refractivity (Wildman–Crippen MR) is 212 cm³/mol. The van der Waals surface area contributed by atoms with Gasteiger partial charge in [-0.1, -0.05) is 72.3 Å². The van der Waals surface area contributed by atoms with Crippen molar-refractivity contribution in [1.29, 1.82) is 0 Å². The first kappa shape index (κ1) is 47.0. The molecule has 0 saturated heterocycles. The summed E-state index contributed by atoms with van der Waals surface area (Å²) in [5, 5.41) is 0.515. The highest BCUT2D eigenvalue weighted by atomic mass is 35.5. The van der Waals surface area contributed by atoms with E-state index in [-0.39, 0.29) is 4.90 Å². The summed E-state index contributed by atoms with van der Waals surface area (Å²) in [6, 6.07) is 33.1. The first-order valence-corrected chi connectivity index (χ1v) is 19.8. The zero-order chi connectivity index (χ0) is 40.9. The van der Waals surface area contributed by atoms with Gasteiger partial charge in [0.2, 0.25) is 0 Å². The third-order valence-electron chi connectivity index (χ3n) is 7.08. The van der Waals surface area contributed by atoms with Crippen LogP contribution in [0.3, 0.4) is 0 Å². The molecule has 14 heteroatoms. The zero-order valence-electron chi connectivity index (χ0n) is 30.8. The molecule has 7 nitrogen and oxygen atoms in total. The Morgan fingerprint density at radius 2 is 0.944 bits per heavy atom. The molecule has 6 rings (SSSR count). The third-order valence-corrected chi connectivity index (χ3v) is 9.54. The van der Waals surface area contributed by atoms with Crippen LogP contribution < -0.4 is 0 Å². The van der Waals surface area contributed by atoms with Gasteiger partial charge in [-0.2, -0.15) is 0 Å². The fourth-order valence-corrected chi connectivity index (χ4v) is 6.14. The van der Waals surface area contributed by atoms with Gasteiger partial charge >= 0.3 is 0 Å². The smallest absolute Gasteiger partial charge is 0.175 e. The van der Waals surface area contributed by atoms with Crippen LogP contribution in [0.1, 0.15) is 5.69 Å². The number of alkyl halides is 4.